The Hall–Kier alpha value is -3.30. The van der Waals surface area contributed by atoms with Crippen molar-refractivity contribution in [2.45, 2.75) is 44.5 Å². The summed E-state index contributed by atoms with van der Waals surface area (Å²) in [6.45, 7) is 2.86. The summed E-state index contributed by atoms with van der Waals surface area (Å²) in [5.74, 6) is -4.59. The van der Waals surface area contributed by atoms with Crippen LogP contribution < -0.4 is 15.5 Å². The molecule has 2 N–H and O–H groups in total. The monoisotopic (exact) mass is 488 g/mol. The Bertz CT molecular complexity index is 1200. The molecule has 4 heterocycles. The molecule has 0 atom stereocenters. The number of anilines is 3. The van der Waals surface area contributed by atoms with E-state index in [-0.39, 0.29) is 51.9 Å². The van der Waals surface area contributed by atoms with Crippen LogP contribution in [0.3, 0.4) is 0 Å². The van der Waals surface area contributed by atoms with Crippen molar-refractivity contribution in [1.82, 2.24) is 14.8 Å². The highest BCUT2D eigenvalue weighted by Gasteiger charge is 2.35. The zero-order valence-corrected chi connectivity index (χ0v) is 19.5. The van der Waals surface area contributed by atoms with E-state index < -0.39 is 11.8 Å². The van der Waals surface area contributed by atoms with Crippen LogP contribution in [0.4, 0.5) is 34.8 Å². The predicted octanol–water partition coefficient (Wildman–Crippen LogP) is 5.30. The van der Waals surface area contributed by atoms with Crippen LogP contribution in [0.2, 0.25) is 0 Å². The van der Waals surface area contributed by atoms with Gasteiger partial charge in [0.2, 0.25) is 0 Å². The van der Waals surface area contributed by atoms with Gasteiger partial charge in [-0.3, -0.25) is 0 Å². The van der Waals surface area contributed by atoms with Crippen LogP contribution in [0.1, 0.15) is 31.4 Å². The number of benzene rings is 1. The molecule has 2 saturated heterocycles. The van der Waals surface area contributed by atoms with Crippen molar-refractivity contribution in [2.24, 2.45) is 0 Å². The molecule has 0 aliphatic carbocycles. The number of alkyl halides is 4. The first kappa shape index (κ1) is 23.4. The fraction of sp³-hybridized carbons (Fsp3) is 0.440. The van der Waals surface area contributed by atoms with Gasteiger partial charge in [0.15, 0.2) is 0 Å². The van der Waals surface area contributed by atoms with E-state index in [1.54, 1.807) is 23.0 Å². The maximum Gasteiger partial charge on any atom is 0.251 e. The van der Waals surface area contributed by atoms with Crippen LogP contribution in [0, 0.1) is 6.92 Å². The highest BCUT2D eigenvalue weighted by Crippen LogP contribution is 2.35. The minimum absolute atomic E-state index is 0.182. The third kappa shape index (κ3) is 5.06. The molecule has 2 aromatic heterocycles. The van der Waals surface area contributed by atoms with Crippen molar-refractivity contribution in [3.05, 3.63) is 48.4 Å². The number of nitrogens with zero attached hydrogens (tertiary/aromatic N) is 5. The van der Waals surface area contributed by atoms with Crippen molar-refractivity contribution in [1.29, 1.82) is 0 Å². The molecule has 0 amide bonds. The Morgan fingerprint density at radius 3 is 2.09 bits per heavy atom. The molecule has 0 unspecified atom stereocenters. The third-order valence-corrected chi connectivity index (χ3v) is 6.76. The van der Waals surface area contributed by atoms with Crippen LogP contribution in [0.15, 0.2) is 42.7 Å². The molecule has 2 fully saturated rings. The minimum atomic E-state index is -2.64. The normalized spacial score (nSPS) is 19.7. The maximum atomic E-state index is 13.7. The molecule has 5 rings (SSSR count). The lowest BCUT2D eigenvalue weighted by Crippen LogP contribution is -2.39. The highest BCUT2D eigenvalue weighted by molar-refractivity contribution is 5.71. The second-order valence-corrected chi connectivity index (χ2v) is 9.46. The topological polar surface area (TPSA) is 63.2 Å². The lowest BCUT2D eigenvalue weighted by Gasteiger charge is -2.34. The molecule has 0 saturated carbocycles. The summed E-state index contributed by atoms with van der Waals surface area (Å²) >= 11 is 0. The summed E-state index contributed by atoms with van der Waals surface area (Å²) in [5.41, 5.74) is 10.6. The summed E-state index contributed by atoms with van der Waals surface area (Å²) in [6.07, 6.45) is 2.83. The van der Waals surface area contributed by atoms with Gasteiger partial charge in [0, 0.05) is 75.0 Å². The molecule has 3 aromatic rings. The molecule has 35 heavy (non-hydrogen) atoms. The Labute approximate surface area is 201 Å². The first-order valence-electron chi connectivity index (χ1n) is 11.8. The average molecular weight is 489 g/mol. The summed E-state index contributed by atoms with van der Waals surface area (Å²) in [4.78, 5) is 8.38. The number of hydrogen-bond donors (Lipinski definition) is 1. The van der Waals surface area contributed by atoms with Crippen LogP contribution in [-0.4, -0.2) is 52.8 Å². The van der Waals surface area contributed by atoms with Gasteiger partial charge in [-0.05, 0) is 42.8 Å². The van der Waals surface area contributed by atoms with Crippen LogP contribution in [0.5, 0.6) is 0 Å². The van der Waals surface area contributed by atoms with Gasteiger partial charge in [0.05, 0.1) is 17.6 Å². The van der Waals surface area contributed by atoms with Crippen molar-refractivity contribution in [3.63, 3.8) is 0 Å². The Balaban J connectivity index is 1.43. The van der Waals surface area contributed by atoms with E-state index in [0.717, 1.165) is 28.2 Å². The molecule has 186 valence electrons. The Kier molecular flexibility index (Phi) is 5.85. The van der Waals surface area contributed by atoms with Gasteiger partial charge in [0.1, 0.15) is 5.82 Å². The van der Waals surface area contributed by atoms with Gasteiger partial charge in [-0.1, -0.05) is 0 Å². The molecule has 10 heteroatoms. The summed E-state index contributed by atoms with van der Waals surface area (Å²) in [6, 6.07) is 9.22. The Morgan fingerprint density at radius 1 is 0.800 bits per heavy atom. The number of hydrogen-bond acceptors (Lipinski definition) is 5. The fourth-order valence-corrected chi connectivity index (χ4v) is 4.71. The van der Waals surface area contributed by atoms with E-state index in [0.29, 0.717) is 11.5 Å². The van der Waals surface area contributed by atoms with Crippen LogP contribution in [-0.2, 0) is 0 Å². The summed E-state index contributed by atoms with van der Waals surface area (Å²) in [7, 11) is 0. The number of nitrogens with two attached hydrogens (primary N) is 1. The van der Waals surface area contributed by atoms with E-state index >= 15 is 0 Å². The van der Waals surface area contributed by atoms with Gasteiger partial charge in [-0.25, -0.2) is 27.2 Å². The number of halogens is 4. The molecule has 0 bridgehead atoms. The quantitative estimate of drug-likeness (QED) is 0.399. The number of pyridine rings is 1. The van der Waals surface area contributed by atoms with Gasteiger partial charge in [0.25, 0.3) is 11.8 Å². The lowest BCUT2D eigenvalue weighted by molar-refractivity contribution is -0.0227. The highest BCUT2D eigenvalue weighted by atomic mass is 19.3. The predicted molar refractivity (Wildman–Crippen MR) is 129 cm³/mol. The van der Waals surface area contributed by atoms with Gasteiger partial charge >= 0.3 is 0 Å². The van der Waals surface area contributed by atoms with Crippen LogP contribution >= 0.6 is 0 Å². The van der Waals surface area contributed by atoms with Crippen LogP contribution in [0.25, 0.3) is 16.8 Å². The third-order valence-electron chi connectivity index (χ3n) is 6.76. The summed E-state index contributed by atoms with van der Waals surface area (Å²) < 4.78 is 56.3. The molecular formula is C25H28F4N6. The van der Waals surface area contributed by atoms with Crippen molar-refractivity contribution < 1.29 is 17.6 Å². The van der Waals surface area contributed by atoms with Gasteiger partial charge in [-0.2, -0.15) is 5.10 Å². The minimum Gasteiger partial charge on any atom is -0.399 e. The molecular weight excluding hydrogens is 460 g/mol. The van der Waals surface area contributed by atoms with E-state index in [9.17, 15) is 17.6 Å². The number of piperidine rings is 2. The number of nitrogen functional groups attached to an aromatic ring is 1. The number of aryl methyl sites for hydroxylation is 1. The van der Waals surface area contributed by atoms with E-state index in [2.05, 4.69) is 10.1 Å². The number of aromatic nitrogens is 3. The number of rotatable bonds is 4. The zero-order chi connectivity index (χ0) is 24.8. The molecule has 2 aliphatic heterocycles. The van der Waals surface area contributed by atoms with Gasteiger partial charge in [-0.15, -0.1) is 0 Å². The maximum absolute atomic E-state index is 13.7. The average Bonchev–Trinajstić information content (AvgIpc) is 3.29. The summed E-state index contributed by atoms with van der Waals surface area (Å²) in [5, 5.41) is 4.54. The zero-order valence-electron chi connectivity index (χ0n) is 19.5. The largest absolute Gasteiger partial charge is 0.399 e. The standard InChI is InChI=1S/C25H28F4N6/c1-17-12-18(13-23(32-17)34-10-6-25(28,29)7-11-34)19-15-31-35(16-19)21-3-2-20(30)14-22(21)33-8-4-24(26,27)5-9-33/h2-3,12-16H,4-11,30H2,1H3. The SMILES string of the molecule is Cc1cc(-c2cnn(-c3ccc(N)cc3N3CCC(F)(F)CC3)c2)cc(N2CCC(F)(F)CC2)n1. The van der Waals surface area contributed by atoms with E-state index in [4.69, 9.17) is 5.73 Å². The first-order chi connectivity index (χ1) is 16.6. The Morgan fingerprint density at radius 2 is 1.43 bits per heavy atom. The van der Waals surface area contributed by atoms with E-state index in [1.807, 2.05) is 41.1 Å². The van der Waals surface area contributed by atoms with E-state index in [1.165, 1.54) is 0 Å². The van der Waals surface area contributed by atoms with Crippen molar-refractivity contribution in [2.75, 3.05) is 41.7 Å². The second-order valence-electron chi connectivity index (χ2n) is 9.46. The molecule has 0 radical (unpaired) electrons. The second kappa shape index (κ2) is 8.73. The molecule has 1 aromatic carbocycles. The van der Waals surface area contributed by atoms with Crippen molar-refractivity contribution in [3.8, 4) is 16.8 Å². The smallest absolute Gasteiger partial charge is 0.251 e. The van der Waals surface area contributed by atoms with Crippen molar-refractivity contribution >= 4 is 17.2 Å². The first-order valence-corrected chi connectivity index (χ1v) is 11.8. The van der Waals surface area contributed by atoms with Gasteiger partial charge < -0.3 is 15.5 Å². The lowest BCUT2D eigenvalue weighted by atomic mass is 10.1. The fourth-order valence-electron chi connectivity index (χ4n) is 4.71. The molecule has 0 spiro atoms. The molecule has 2 aliphatic rings. The molecule has 6 nitrogen and oxygen atoms in total.